The van der Waals surface area contributed by atoms with Crippen LogP contribution in [-0.4, -0.2) is 12.8 Å². The molecule has 0 spiro atoms. The molecule has 0 heterocycles. The number of nitriles is 1. The van der Waals surface area contributed by atoms with Crippen molar-refractivity contribution in [3.63, 3.8) is 0 Å². The summed E-state index contributed by atoms with van der Waals surface area (Å²) >= 11 is 0. The van der Waals surface area contributed by atoms with Gasteiger partial charge in [-0.15, -0.1) is 0 Å². The lowest BCUT2D eigenvalue weighted by Gasteiger charge is -2.04. The van der Waals surface area contributed by atoms with Crippen molar-refractivity contribution in [2.24, 2.45) is 4.99 Å². The first kappa shape index (κ1) is 14.8. The first-order chi connectivity index (χ1) is 10.3. The SMILES string of the molecule is CCCCOc1ccc(N=Cc2ccc(C#N)cc2)cc1. The third-order valence-electron chi connectivity index (χ3n) is 3.01. The lowest BCUT2D eigenvalue weighted by Crippen LogP contribution is -1.95. The lowest BCUT2D eigenvalue weighted by atomic mass is 10.2. The normalized spacial score (nSPS) is 10.5. The molecule has 0 radical (unpaired) electrons. The van der Waals surface area contributed by atoms with Crippen LogP contribution in [0.25, 0.3) is 0 Å². The first-order valence-electron chi connectivity index (χ1n) is 7.09. The first-order valence-corrected chi connectivity index (χ1v) is 7.09. The molecule has 106 valence electrons. The van der Waals surface area contributed by atoms with Crippen molar-refractivity contribution < 1.29 is 4.74 Å². The van der Waals surface area contributed by atoms with Gasteiger partial charge in [-0.1, -0.05) is 25.5 Å². The zero-order valence-electron chi connectivity index (χ0n) is 12.1. The Balaban J connectivity index is 1.95. The number of ether oxygens (including phenoxy) is 1. The maximum atomic E-state index is 8.74. The Labute approximate surface area is 125 Å². The Bertz CT molecular complexity index is 622. The highest BCUT2D eigenvalue weighted by molar-refractivity contribution is 5.82. The maximum Gasteiger partial charge on any atom is 0.119 e. The Kier molecular flexibility index (Phi) is 5.54. The summed E-state index contributed by atoms with van der Waals surface area (Å²) in [5.41, 5.74) is 2.50. The highest BCUT2D eigenvalue weighted by Crippen LogP contribution is 2.18. The Morgan fingerprint density at radius 3 is 2.43 bits per heavy atom. The predicted molar refractivity (Wildman–Crippen MR) is 85.3 cm³/mol. The molecule has 0 amide bonds. The smallest absolute Gasteiger partial charge is 0.119 e. The molecule has 0 N–H and O–H groups in total. The molecule has 0 aliphatic rings. The minimum absolute atomic E-state index is 0.653. The van der Waals surface area contributed by atoms with Crippen LogP contribution in [0.5, 0.6) is 5.75 Å². The van der Waals surface area contributed by atoms with Crippen LogP contribution in [0, 0.1) is 11.3 Å². The molecule has 0 unspecified atom stereocenters. The van der Waals surface area contributed by atoms with Gasteiger partial charge in [0.1, 0.15) is 5.75 Å². The summed E-state index contributed by atoms with van der Waals surface area (Å²) < 4.78 is 5.61. The largest absolute Gasteiger partial charge is 0.494 e. The van der Waals surface area contributed by atoms with E-state index in [4.69, 9.17) is 10.00 Å². The molecule has 2 aromatic carbocycles. The van der Waals surface area contributed by atoms with Crippen LogP contribution in [-0.2, 0) is 0 Å². The molecule has 0 bridgehead atoms. The summed E-state index contributed by atoms with van der Waals surface area (Å²) in [5, 5.41) is 8.74. The van der Waals surface area contributed by atoms with E-state index < -0.39 is 0 Å². The van der Waals surface area contributed by atoms with Crippen LogP contribution < -0.4 is 4.74 Å². The maximum absolute atomic E-state index is 8.74. The van der Waals surface area contributed by atoms with E-state index in [-0.39, 0.29) is 0 Å². The van der Waals surface area contributed by atoms with Crippen LogP contribution in [0.3, 0.4) is 0 Å². The summed E-state index contributed by atoms with van der Waals surface area (Å²) in [6, 6.07) is 17.1. The van der Waals surface area contributed by atoms with Gasteiger partial charge < -0.3 is 4.74 Å². The van der Waals surface area contributed by atoms with Crippen molar-refractivity contribution in [3.8, 4) is 11.8 Å². The van der Waals surface area contributed by atoms with Gasteiger partial charge in [-0.3, -0.25) is 4.99 Å². The van der Waals surface area contributed by atoms with Crippen LogP contribution in [0.2, 0.25) is 0 Å². The molecular formula is C18H18N2O. The van der Waals surface area contributed by atoms with Gasteiger partial charge in [0.25, 0.3) is 0 Å². The fourth-order valence-corrected chi connectivity index (χ4v) is 1.76. The van der Waals surface area contributed by atoms with Crippen LogP contribution in [0.4, 0.5) is 5.69 Å². The molecule has 0 aliphatic carbocycles. The van der Waals surface area contributed by atoms with Gasteiger partial charge in [0.05, 0.1) is 23.9 Å². The summed E-state index contributed by atoms with van der Waals surface area (Å²) in [4.78, 5) is 4.41. The zero-order valence-corrected chi connectivity index (χ0v) is 12.1. The minimum atomic E-state index is 0.653. The van der Waals surface area contributed by atoms with Gasteiger partial charge in [0.2, 0.25) is 0 Å². The number of hydrogen-bond donors (Lipinski definition) is 0. The average molecular weight is 278 g/mol. The van der Waals surface area contributed by atoms with Crippen LogP contribution in [0.1, 0.15) is 30.9 Å². The molecule has 0 aliphatic heterocycles. The third kappa shape index (κ3) is 4.77. The van der Waals surface area contributed by atoms with E-state index in [1.54, 1.807) is 18.3 Å². The minimum Gasteiger partial charge on any atom is -0.494 e. The lowest BCUT2D eigenvalue weighted by molar-refractivity contribution is 0.309. The standard InChI is InChI=1S/C18H18N2O/c1-2-3-12-21-18-10-8-17(9-11-18)20-14-16-6-4-15(13-19)5-7-16/h4-11,14H,2-3,12H2,1H3. The number of hydrogen-bond acceptors (Lipinski definition) is 3. The molecule has 3 nitrogen and oxygen atoms in total. The Hall–Kier alpha value is -2.60. The molecule has 0 saturated carbocycles. The number of aliphatic imine (C=N–C) groups is 1. The topological polar surface area (TPSA) is 45.4 Å². The van der Waals surface area contributed by atoms with Crippen LogP contribution >= 0.6 is 0 Å². The number of rotatable bonds is 6. The average Bonchev–Trinajstić information content (AvgIpc) is 2.55. The van der Waals surface area contributed by atoms with E-state index in [1.807, 2.05) is 36.4 Å². The van der Waals surface area contributed by atoms with Gasteiger partial charge in [-0.2, -0.15) is 5.26 Å². The fourth-order valence-electron chi connectivity index (χ4n) is 1.76. The van der Waals surface area contributed by atoms with Crippen molar-refractivity contribution >= 4 is 11.9 Å². The molecule has 3 heteroatoms. The summed E-state index contributed by atoms with van der Waals surface area (Å²) in [6.07, 6.45) is 3.99. The van der Waals surface area contributed by atoms with E-state index >= 15 is 0 Å². The van der Waals surface area contributed by atoms with Gasteiger partial charge in [-0.25, -0.2) is 0 Å². The third-order valence-corrected chi connectivity index (χ3v) is 3.01. The second kappa shape index (κ2) is 7.86. The molecule has 0 fully saturated rings. The monoisotopic (exact) mass is 278 g/mol. The highest BCUT2D eigenvalue weighted by Gasteiger charge is 1.94. The fraction of sp³-hybridized carbons (Fsp3) is 0.222. The van der Waals surface area contributed by atoms with Gasteiger partial charge in [0, 0.05) is 6.21 Å². The van der Waals surface area contributed by atoms with E-state index in [1.165, 1.54) is 0 Å². The van der Waals surface area contributed by atoms with Crippen molar-refractivity contribution in [1.82, 2.24) is 0 Å². The van der Waals surface area contributed by atoms with E-state index in [0.717, 1.165) is 36.4 Å². The van der Waals surface area contributed by atoms with Crippen molar-refractivity contribution in [3.05, 3.63) is 59.7 Å². The second-order valence-electron chi connectivity index (χ2n) is 4.69. The summed E-state index contributed by atoms with van der Waals surface area (Å²) in [7, 11) is 0. The zero-order chi connectivity index (χ0) is 14.9. The van der Waals surface area contributed by atoms with Gasteiger partial charge in [0.15, 0.2) is 0 Å². The van der Waals surface area contributed by atoms with Gasteiger partial charge >= 0.3 is 0 Å². The number of nitrogens with zero attached hydrogens (tertiary/aromatic N) is 2. The molecule has 0 aromatic heterocycles. The van der Waals surface area contributed by atoms with Crippen molar-refractivity contribution in [1.29, 1.82) is 5.26 Å². The second-order valence-corrected chi connectivity index (χ2v) is 4.69. The molecule has 0 saturated heterocycles. The Morgan fingerprint density at radius 1 is 1.10 bits per heavy atom. The van der Waals surface area contributed by atoms with Crippen LogP contribution in [0.15, 0.2) is 53.5 Å². The Morgan fingerprint density at radius 2 is 1.81 bits per heavy atom. The predicted octanol–water partition coefficient (Wildman–Crippen LogP) is 4.49. The molecular weight excluding hydrogens is 260 g/mol. The van der Waals surface area contributed by atoms with Gasteiger partial charge in [-0.05, 0) is 48.4 Å². The molecule has 2 aromatic rings. The van der Waals surface area contributed by atoms with E-state index in [9.17, 15) is 0 Å². The summed E-state index contributed by atoms with van der Waals surface area (Å²) in [6.45, 7) is 2.90. The quantitative estimate of drug-likeness (QED) is 0.577. The highest BCUT2D eigenvalue weighted by atomic mass is 16.5. The number of benzene rings is 2. The van der Waals surface area contributed by atoms with E-state index in [2.05, 4.69) is 18.0 Å². The van der Waals surface area contributed by atoms with E-state index in [0.29, 0.717) is 5.56 Å². The van der Waals surface area contributed by atoms with Crippen molar-refractivity contribution in [2.45, 2.75) is 19.8 Å². The summed E-state index contributed by atoms with van der Waals surface area (Å²) in [5.74, 6) is 0.876. The molecule has 21 heavy (non-hydrogen) atoms. The molecule has 0 atom stereocenters. The molecule has 2 rings (SSSR count). The van der Waals surface area contributed by atoms with Crippen molar-refractivity contribution in [2.75, 3.05) is 6.61 Å². The number of unbranched alkanes of at least 4 members (excludes halogenated alkanes) is 1.